The first-order chi connectivity index (χ1) is 11.1. The van der Waals surface area contributed by atoms with Gasteiger partial charge in [0.2, 0.25) is 0 Å². The van der Waals surface area contributed by atoms with E-state index in [9.17, 15) is 9.90 Å². The number of carbonyl (C=O) groups is 1. The number of hydrogen-bond acceptors (Lipinski definition) is 3. The summed E-state index contributed by atoms with van der Waals surface area (Å²) in [5, 5.41) is 10.7. The van der Waals surface area contributed by atoms with E-state index in [1.165, 1.54) is 26.4 Å². The number of carbonyl (C=O) groups excluding carboxylic acids is 1. The van der Waals surface area contributed by atoms with E-state index in [0.29, 0.717) is 22.8 Å². The van der Waals surface area contributed by atoms with Gasteiger partial charge in [0.05, 0.1) is 19.1 Å². The van der Waals surface area contributed by atoms with Gasteiger partial charge in [0.1, 0.15) is 0 Å². The molecule has 0 bridgehead atoms. The van der Waals surface area contributed by atoms with E-state index in [0.717, 1.165) is 19.3 Å². The highest BCUT2D eigenvalue weighted by molar-refractivity contribution is 5.77. The van der Waals surface area contributed by atoms with Crippen LogP contribution in [0.2, 0.25) is 0 Å². The summed E-state index contributed by atoms with van der Waals surface area (Å²) in [4.78, 5) is 12.6. The standard InChI is InChI=1S/C21H34O3/c1-13-14(22)12-16-20(4)10-7-9-19(2,3)15(20)8-11-21(16,5)17(13)18(23)24-6/h14-17,22H,1,7-12H2,2-6H3/t14-,15-,16+,17?,20-,21+/m0/s1. The van der Waals surface area contributed by atoms with E-state index in [1.54, 1.807) is 0 Å². The summed E-state index contributed by atoms with van der Waals surface area (Å²) >= 11 is 0. The second-order valence-electron chi connectivity index (χ2n) is 9.78. The van der Waals surface area contributed by atoms with Crippen molar-refractivity contribution in [3.05, 3.63) is 12.2 Å². The molecule has 3 nitrogen and oxygen atoms in total. The summed E-state index contributed by atoms with van der Waals surface area (Å²) in [6, 6.07) is 0. The van der Waals surface area contributed by atoms with Crippen molar-refractivity contribution >= 4 is 5.97 Å². The molecule has 0 aliphatic heterocycles. The van der Waals surface area contributed by atoms with Gasteiger partial charge >= 0.3 is 5.97 Å². The highest BCUT2D eigenvalue weighted by atomic mass is 16.5. The van der Waals surface area contributed by atoms with Crippen LogP contribution >= 0.6 is 0 Å². The molecule has 3 aliphatic carbocycles. The zero-order chi connectivity index (χ0) is 17.9. The van der Waals surface area contributed by atoms with Crippen LogP contribution in [0.4, 0.5) is 0 Å². The molecular weight excluding hydrogens is 300 g/mol. The van der Waals surface area contributed by atoms with Crippen molar-refractivity contribution in [1.82, 2.24) is 0 Å². The van der Waals surface area contributed by atoms with Crippen molar-refractivity contribution in [1.29, 1.82) is 0 Å². The van der Waals surface area contributed by atoms with Crippen molar-refractivity contribution in [3.8, 4) is 0 Å². The molecule has 0 radical (unpaired) electrons. The van der Waals surface area contributed by atoms with Crippen LogP contribution in [-0.4, -0.2) is 24.3 Å². The predicted molar refractivity (Wildman–Crippen MR) is 95.3 cm³/mol. The number of esters is 1. The minimum Gasteiger partial charge on any atom is -0.469 e. The molecule has 0 aromatic carbocycles. The molecule has 3 rings (SSSR count). The van der Waals surface area contributed by atoms with E-state index in [2.05, 4.69) is 34.3 Å². The largest absolute Gasteiger partial charge is 0.469 e. The Morgan fingerprint density at radius 1 is 1.12 bits per heavy atom. The number of methoxy groups -OCH3 is 1. The number of hydrogen-bond donors (Lipinski definition) is 1. The Morgan fingerprint density at radius 2 is 1.79 bits per heavy atom. The van der Waals surface area contributed by atoms with Crippen LogP contribution in [-0.2, 0) is 9.53 Å². The molecule has 0 aromatic heterocycles. The fourth-order valence-corrected chi connectivity index (χ4v) is 7.10. The van der Waals surface area contributed by atoms with Gasteiger partial charge in [0.15, 0.2) is 0 Å². The number of aliphatic hydroxyl groups is 1. The van der Waals surface area contributed by atoms with Gasteiger partial charge in [-0.1, -0.05) is 40.7 Å². The summed E-state index contributed by atoms with van der Waals surface area (Å²) < 4.78 is 5.12. The van der Waals surface area contributed by atoms with E-state index < -0.39 is 6.10 Å². The SMILES string of the molecule is C=C1C(C(=O)OC)[C@]2(C)CC[C@H]3C(C)(C)CCC[C@]3(C)[C@H]2C[C@@H]1O. The van der Waals surface area contributed by atoms with Gasteiger partial charge in [-0.2, -0.15) is 0 Å². The first kappa shape index (κ1) is 18.0. The van der Waals surface area contributed by atoms with Crippen LogP contribution in [0, 0.1) is 34.0 Å². The molecule has 136 valence electrons. The lowest BCUT2D eigenvalue weighted by Crippen LogP contribution is -2.61. The zero-order valence-electron chi connectivity index (χ0n) is 16.0. The van der Waals surface area contributed by atoms with Gasteiger partial charge in [-0.05, 0) is 65.8 Å². The molecule has 0 heterocycles. The lowest BCUT2D eigenvalue weighted by Gasteiger charge is -2.65. The Balaban J connectivity index is 2.06. The van der Waals surface area contributed by atoms with Gasteiger partial charge in [-0.25, -0.2) is 0 Å². The quantitative estimate of drug-likeness (QED) is 0.573. The normalized spacial score (nSPS) is 47.5. The maximum absolute atomic E-state index is 12.6. The molecule has 0 saturated heterocycles. The van der Waals surface area contributed by atoms with Crippen LogP contribution in [0.1, 0.15) is 66.2 Å². The first-order valence-corrected chi connectivity index (χ1v) is 9.52. The fraction of sp³-hybridized carbons (Fsp3) is 0.857. The molecule has 6 atom stereocenters. The zero-order valence-corrected chi connectivity index (χ0v) is 16.0. The predicted octanol–water partition coefficient (Wildman–Crippen LogP) is 4.35. The fourth-order valence-electron chi connectivity index (χ4n) is 7.10. The summed E-state index contributed by atoms with van der Waals surface area (Å²) in [5.74, 6) is 0.407. The molecule has 24 heavy (non-hydrogen) atoms. The number of fused-ring (bicyclic) bond motifs is 3. The van der Waals surface area contributed by atoms with Gasteiger partial charge in [0.25, 0.3) is 0 Å². The number of rotatable bonds is 1. The van der Waals surface area contributed by atoms with Crippen LogP contribution in [0.15, 0.2) is 12.2 Å². The van der Waals surface area contributed by atoms with Gasteiger partial charge in [-0.3, -0.25) is 4.79 Å². The van der Waals surface area contributed by atoms with E-state index in [-0.39, 0.29) is 22.7 Å². The lowest BCUT2D eigenvalue weighted by molar-refractivity contribution is -0.182. The van der Waals surface area contributed by atoms with Crippen molar-refractivity contribution in [2.75, 3.05) is 7.11 Å². The minimum absolute atomic E-state index is 0.151. The maximum Gasteiger partial charge on any atom is 0.313 e. The van der Waals surface area contributed by atoms with Crippen molar-refractivity contribution in [3.63, 3.8) is 0 Å². The van der Waals surface area contributed by atoms with Crippen LogP contribution in [0.25, 0.3) is 0 Å². The van der Waals surface area contributed by atoms with Crippen molar-refractivity contribution in [2.45, 2.75) is 72.3 Å². The topological polar surface area (TPSA) is 46.5 Å². The Hall–Kier alpha value is -0.830. The molecule has 3 heteroatoms. The second kappa shape index (κ2) is 5.59. The lowest BCUT2D eigenvalue weighted by atomic mass is 9.39. The molecule has 0 amide bonds. The van der Waals surface area contributed by atoms with E-state index in [1.807, 2.05) is 0 Å². The highest BCUT2D eigenvalue weighted by Gasteiger charge is 2.63. The molecule has 3 saturated carbocycles. The van der Waals surface area contributed by atoms with Gasteiger partial charge < -0.3 is 9.84 Å². The Morgan fingerprint density at radius 3 is 2.42 bits per heavy atom. The highest BCUT2D eigenvalue weighted by Crippen LogP contribution is 2.69. The third-order valence-corrected chi connectivity index (χ3v) is 8.19. The number of aliphatic hydroxyl groups excluding tert-OH is 1. The second-order valence-corrected chi connectivity index (χ2v) is 9.78. The van der Waals surface area contributed by atoms with Crippen LogP contribution < -0.4 is 0 Å². The summed E-state index contributed by atoms with van der Waals surface area (Å²) in [7, 11) is 1.45. The third-order valence-electron chi connectivity index (χ3n) is 8.19. The molecule has 0 spiro atoms. The summed E-state index contributed by atoms with van der Waals surface area (Å²) in [6.45, 7) is 13.6. The van der Waals surface area contributed by atoms with Gasteiger partial charge in [-0.15, -0.1) is 0 Å². The van der Waals surface area contributed by atoms with Crippen LogP contribution in [0.3, 0.4) is 0 Å². The van der Waals surface area contributed by atoms with Gasteiger partial charge in [0, 0.05) is 0 Å². The molecular formula is C21H34O3. The molecule has 1 N–H and O–H groups in total. The van der Waals surface area contributed by atoms with E-state index in [4.69, 9.17) is 4.74 Å². The average molecular weight is 334 g/mol. The Bertz CT molecular complexity index is 551. The smallest absolute Gasteiger partial charge is 0.313 e. The average Bonchev–Trinajstić information content (AvgIpc) is 2.48. The molecule has 1 unspecified atom stereocenters. The first-order valence-electron chi connectivity index (χ1n) is 9.52. The Labute approximate surface area is 146 Å². The van der Waals surface area contributed by atoms with Crippen molar-refractivity contribution in [2.24, 2.45) is 34.0 Å². The van der Waals surface area contributed by atoms with Crippen molar-refractivity contribution < 1.29 is 14.6 Å². The molecule has 3 aliphatic rings. The molecule has 3 fully saturated rings. The number of ether oxygens (including phenoxy) is 1. The Kier molecular flexibility index (Phi) is 4.18. The third kappa shape index (κ3) is 2.30. The summed E-state index contributed by atoms with van der Waals surface area (Å²) in [6.07, 6.45) is 6.06. The molecule has 0 aromatic rings. The van der Waals surface area contributed by atoms with Crippen LogP contribution in [0.5, 0.6) is 0 Å². The monoisotopic (exact) mass is 334 g/mol. The van der Waals surface area contributed by atoms with E-state index >= 15 is 0 Å². The maximum atomic E-state index is 12.6. The minimum atomic E-state index is -0.590. The summed E-state index contributed by atoms with van der Waals surface area (Å²) in [5.41, 5.74) is 1.04.